The van der Waals surface area contributed by atoms with Crippen LogP contribution < -0.4 is 5.32 Å². The fourth-order valence-electron chi connectivity index (χ4n) is 3.41. The summed E-state index contributed by atoms with van der Waals surface area (Å²) < 4.78 is 5.30. The Balaban J connectivity index is 1.66. The molecule has 5 nitrogen and oxygen atoms in total. The first-order valence-corrected chi connectivity index (χ1v) is 8.57. The number of hydrogen-bond donors (Lipinski definition) is 2. The number of aliphatic hydroxyl groups excluding tert-OH is 1. The standard InChI is InChI=1S/C18H26N2O3/c21-17-12-20(8-9-23-13-17)18(22)16-3-1-2-15(11-16)10-14-4-6-19-7-5-14/h1-3,11,14,17,19,21H,4-10,12-13H2/t17-/m0/s1. The second-order valence-corrected chi connectivity index (χ2v) is 6.58. The maximum Gasteiger partial charge on any atom is 0.254 e. The molecule has 0 bridgehead atoms. The lowest BCUT2D eigenvalue weighted by atomic mass is 9.90. The van der Waals surface area contributed by atoms with Gasteiger partial charge in [0.15, 0.2) is 0 Å². The molecule has 0 aliphatic carbocycles. The van der Waals surface area contributed by atoms with Gasteiger partial charge in [-0.3, -0.25) is 4.79 Å². The number of carbonyl (C=O) groups excluding carboxylic acids is 1. The molecule has 23 heavy (non-hydrogen) atoms. The highest BCUT2D eigenvalue weighted by molar-refractivity contribution is 5.94. The summed E-state index contributed by atoms with van der Waals surface area (Å²) >= 11 is 0. The lowest BCUT2D eigenvalue weighted by Gasteiger charge is -2.23. The Hall–Kier alpha value is -1.43. The molecule has 0 saturated carbocycles. The van der Waals surface area contributed by atoms with Gasteiger partial charge in [0.25, 0.3) is 5.91 Å². The summed E-state index contributed by atoms with van der Waals surface area (Å²) in [5, 5.41) is 13.2. The molecule has 0 spiro atoms. The Bertz CT molecular complexity index is 529. The Kier molecular flexibility index (Phi) is 5.65. The molecular weight excluding hydrogens is 292 g/mol. The number of nitrogens with zero attached hydrogens (tertiary/aromatic N) is 1. The van der Waals surface area contributed by atoms with E-state index in [9.17, 15) is 9.90 Å². The molecule has 126 valence electrons. The SMILES string of the molecule is O=C(c1cccc(CC2CCNCC2)c1)N1CCOC[C@@H](O)C1. The van der Waals surface area contributed by atoms with E-state index in [1.165, 1.54) is 18.4 Å². The van der Waals surface area contributed by atoms with Crippen LogP contribution in [0.15, 0.2) is 24.3 Å². The van der Waals surface area contributed by atoms with Crippen molar-refractivity contribution in [2.24, 2.45) is 5.92 Å². The summed E-state index contributed by atoms with van der Waals surface area (Å²) in [5.74, 6) is 0.691. The maximum absolute atomic E-state index is 12.7. The number of aliphatic hydroxyl groups is 1. The van der Waals surface area contributed by atoms with Crippen molar-refractivity contribution in [3.63, 3.8) is 0 Å². The van der Waals surface area contributed by atoms with Crippen molar-refractivity contribution in [2.75, 3.05) is 39.4 Å². The molecule has 0 unspecified atom stereocenters. The number of hydrogen-bond acceptors (Lipinski definition) is 4. The van der Waals surface area contributed by atoms with Crippen LogP contribution in [0.25, 0.3) is 0 Å². The van der Waals surface area contributed by atoms with Crippen LogP contribution in [0.5, 0.6) is 0 Å². The number of carbonyl (C=O) groups is 1. The average molecular weight is 318 g/mol. The van der Waals surface area contributed by atoms with Crippen LogP contribution in [0.4, 0.5) is 0 Å². The summed E-state index contributed by atoms with van der Waals surface area (Å²) in [6, 6.07) is 7.96. The normalized spacial score (nSPS) is 23.5. The van der Waals surface area contributed by atoms with Crippen molar-refractivity contribution in [1.29, 1.82) is 0 Å². The van der Waals surface area contributed by atoms with Gasteiger partial charge in [-0.2, -0.15) is 0 Å². The molecule has 2 aliphatic heterocycles. The first-order chi connectivity index (χ1) is 11.2. The van der Waals surface area contributed by atoms with Gasteiger partial charge in [-0.05, 0) is 56.0 Å². The highest BCUT2D eigenvalue weighted by atomic mass is 16.5. The van der Waals surface area contributed by atoms with Crippen LogP contribution in [-0.4, -0.2) is 61.4 Å². The molecule has 3 rings (SSSR count). The topological polar surface area (TPSA) is 61.8 Å². The Morgan fingerprint density at radius 1 is 1.35 bits per heavy atom. The molecule has 2 saturated heterocycles. The maximum atomic E-state index is 12.7. The Labute approximate surface area is 137 Å². The number of amides is 1. The first-order valence-electron chi connectivity index (χ1n) is 8.57. The van der Waals surface area contributed by atoms with Gasteiger partial charge < -0.3 is 20.1 Å². The minimum atomic E-state index is -0.598. The summed E-state index contributed by atoms with van der Waals surface area (Å²) in [5.41, 5.74) is 1.94. The van der Waals surface area contributed by atoms with E-state index in [0.29, 0.717) is 37.8 Å². The smallest absolute Gasteiger partial charge is 0.254 e. The average Bonchev–Trinajstić information content (AvgIpc) is 2.80. The van der Waals surface area contributed by atoms with Gasteiger partial charge >= 0.3 is 0 Å². The van der Waals surface area contributed by atoms with Crippen LogP contribution in [0.2, 0.25) is 0 Å². The van der Waals surface area contributed by atoms with E-state index >= 15 is 0 Å². The van der Waals surface area contributed by atoms with Crippen molar-refractivity contribution in [3.8, 4) is 0 Å². The molecule has 2 aliphatic rings. The van der Waals surface area contributed by atoms with E-state index in [1.807, 2.05) is 18.2 Å². The molecule has 2 heterocycles. The lowest BCUT2D eigenvalue weighted by molar-refractivity contribution is 0.0534. The zero-order chi connectivity index (χ0) is 16.1. The van der Waals surface area contributed by atoms with Crippen LogP contribution >= 0.6 is 0 Å². The van der Waals surface area contributed by atoms with Crippen LogP contribution in [-0.2, 0) is 11.2 Å². The third-order valence-corrected chi connectivity index (χ3v) is 4.69. The molecule has 1 aromatic rings. The highest BCUT2D eigenvalue weighted by Crippen LogP contribution is 2.19. The van der Waals surface area contributed by atoms with E-state index in [1.54, 1.807) is 4.90 Å². The minimum Gasteiger partial charge on any atom is -0.389 e. The van der Waals surface area contributed by atoms with Gasteiger partial charge in [0, 0.05) is 18.7 Å². The van der Waals surface area contributed by atoms with Gasteiger partial charge in [-0.15, -0.1) is 0 Å². The van der Waals surface area contributed by atoms with E-state index in [2.05, 4.69) is 11.4 Å². The predicted molar refractivity (Wildman–Crippen MR) is 88.5 cm³/mol. The quantitative estimate of drug-likeness (QED) is 0.875. The number of β-amino-alcohol motifs (C(OH)–C–C–N with tert-alkyl or cyclic N) is 1. The Morgan fingerprint density at radius 3 is 3.00 bits per heavy atom. The Morgan fingerprint density at radius 2 is 2.17 bits per heavy atom. The third-order valence-electron chi connectivity index (χ3n) is 4.69. The number of piperidine rings is 1. The van der Waals surface area contributed by atoms with Crippen LogP contribution in [0.1, 0.15) is 28.8 Å². The van der Waals surface area contributed by atoms with E-state index < -0.39 is 6.10 Å². The summed E-state index contributed by atoms with van der Waals surface area (Å²) in [6.45, 7) is 3.85. The molecule has 5 heteroatoms. The van der Waals surface area contributed by atoms with E-state index in [4.69, 9.17) is 4.74 Å². The van der Waals surface area contributed by atoms with E-state index in [0.717, 1.165) is 19.5 Å². The number of ether oxygens (including phenoxy) is 1. The largest absolute Gasteiger partial charge is 0.389 e. The van der Waals surface area contributed by atoms with Crippen LogP contribution in [0, 0.1) is 5.92 Å². The molecule has 2 fully saturated rings. The number of benzene rings is 1. The van der Waals surface area contributed by atoms with Crippen LogP contribution in [0.3, 0.4) is 0 Å². The second-order valence-electron chi connectivity index (χ2n) is 6.58. The van der Waals surface area contributed by atoms with Gasteiger partial charge in [-0.1, -0.05) is 12.1 Å². The summed E-state index contributed by atoms with van der Waals surface area (Å²) in [4.78, 5) is 14.4. The number of nitrogens with one attached hydrogen (secondary N) is 1. The second kappa shape index (κ2) is 7.90. The van der Waals surface area contributed by atoms with E-state index in [-0.39, 0.29) is 5.91 Å². The monoisotopic (exact) mass is 318 g/mol. The van der Waals surface area contributed by atoms with Gasteiger partial charge in [0.1, 0.15) is 0 Å². The molecule has 1 amide bonds. The molecule has 2 N–H and O–H groups in total. The third kappa shape index (κ3) is 4.53. The van der Waals surface area contributed by atoms with Crippen molar-refractivity contribution in [1.82, 2.24) is 10.2 Å². The summed E-state index contributed by atoms with van der Waals surface area (Å²) in [7, 11) is 0. The fourth-order valence-corrected chi connectivity index (χ4v) is 3.41. The number of rotatable bonds is 3. The highest BCUT2D eigenvalue weighted by Gasteiger charge is 2.22. The van der Waals surface area contributed by atoms with Gasteiger partial charge in [-0.25, -0.2) is 0 Å². The zero-order valence-electron chi connectivity index (χ0n) is 13.5. The summed E-state index contributed by atoms with van der Waals surface area (Å²) in [6.07, 6.45) is 2.84. The lowest BCUT2D eigenvalue weighted by Crippen LogP contribution is -2.37. The van der Waals surface area contributed by atoms with Gasteiger partial charge in [0.2, 0.25) is 0 Å². The van der Waals surface area contributed by atoms with Crippen molar-refractivity contribution >= 4 is 5.91 Å². The molecule has 1 aromatic carbocycles. The fraction of sp³-hybridized carbons (Fsp3) is 0.611. The van der Waals surface area contributed by atoms with Gasteiger partial charge in [0.05, 0.1) is 19.3 Å². The van der Waals surface area contributed by atoms with Crippen molar-refractivity contribution in [2.45, 2.75) is 25.4 Å². The predicted octanol–water partition coefficient (Wildman–Crippen LogP) is 1.06. The zero-order valence-corrected chi connectivity index (χ0v) is 13.5. The molecular formula is C18H26N2O3. The van der Waals surface area contributed by atoms with Crippen molar-refractivity contribution < 1.29 is 14.6 Å². The first kappa shape index (κ1) is 16.4. The molecule has 0 radical (unpaired) electrons. The molecule has 0 aromatic heterocycles. The molecule has 1 atom stereocenters. The minimum absolute atomic E-state index is 0.0123. The van der Waals surface area contributed by atoms with Crippen molar-refractivity contribution in [3.05, 3.63) is 35.4 Å².